The van der Waals surface area contributed by atoms with Crippen molar-refractivity contribution in [2.45, 2.75) is 6.92 Å². The first-order valence-corrected chi connectivity index (χ1v) is 2.84. The van der Waals surface area contributed by atoms with Crippen molar-refractivity contribution in [2.24, 2.45) is 0 Å². The Morgan fingerprint density at radius 1 is 1.60 bits per heavy atom. The normalized spacial score (nSPS) is 16.7. The Kier molecular flexibility index (Phi) is 1.41. The molecule has 1 rings (SSSR count). The molecule has 0 aromatic rings. The fraction of sp³-hybridized carbons (Fsp3) is 0.143. The molecule has 0 aromatic carbocycles. The van der Waals surface area contributed by atoms with Gasteiger partial charge in [0.05, 0.1) is 0 Å². The van der Waals surface area contributed by atoms with E-state index in [-0.39, 0.29) is 11.8 Å². The molecule has 0 saturated heterocycles. The molecule has 1 aliphatic heterocycles. The van der Waals surface area contributed by atoms with Gasteiger partial charge in [0.1, 0.15) is 0 Å². The highest BCUT2D eigenvalue weighted by atomic mass is 16.2. The molecule has 0 fully saturated rings. The summed E-state index contributed by atoms with van der Waals surface area (Å²) in [7, 11) is 0. The van der Waals surface area contributed by atoms with Crippen LogP contribution in [0.15, 0.2) is 23.8 Å². The first-order chi connectivity index (χ1) is 4.61. The van der Waals surface area contributed by atoms with E-state index in [2.05, 4.69) is 11.9 Å². The summed E-state index contributed by atoms with van der Waals surface area (Å²) in [5.74, 6) is -0.708. The molecule has 52 valence electrons. The molecule has 1 N–H and O–H groups in total. The molecule has 0 atom stereocenters. The van der Waals surface area contributed by atoms with Gasteiger partial charge in [-0.2, -0.15) is 0 Å². The van der Waals surface area contributed by atoms with Crippen LogP contribution in [0.4, 0.5) is 0 Å². The highest BCUT2D eigenvalue weighted by Crippen LogP contribution is 2.10. The minimum Gasteiger partial charge on any atom is -0.289 e. The van der Waals surface area contributed by atoms with Crippen LogP contribution in [0.1, 0.15) is 6.92 Å². The van der Waals surface area contributed by atoms with E-state index in [0.29, 0.717) is 11.1 Å². The van der Waals surface area contributed by atoms with Crippen LogP contribution in [0.3, 0.4) is 0 Å². The summed E-state index contributed by atoms with van der Waals surface area (Å²) >= 11 is 0. The summed E-state index contributed by atoms with van der Waals surface area (Å²) in [5.41, 5.74) is 0.994. The van der Waals surface area contributed by atoms with Crippen molar-refractivity contribution in [3.8, 4) is 0 Å². The zero-order valence-electron chi connectivity index (χ0n) is 5.60. The van der Waals surface area contributed by atoms with E-state index in [1.54, 1.807) is 6.92 Å². The van der Waals surface area contributed by atoms with Crippen molar-refractivity contribution < 1.29 is 9.59 Å². The van der Waals surface area contributed by atoms with Gasteiger partial charge in [-0.3, -0.25) is 14.9 Å². The average Bonchev–Trinajstić information content (AvgIpc) is 2.10. The van der Waals surface area contributed by atoms with Gasteiger partial charge in [-0.25, -0.2) is 0 Å². The van der Waals surface area contributed by atoms with Crippen LogP contribution >= 0.6 is 0 Å². The lowest BCUT2D eigenvalue weighted by atomic mass is 10.1. The molecule has 0 aromatic heterocycles. The van der Waals surface area contributed by atoms with Gasteiger partial charge in [0.25, 0.3) is 11.8 Å². The second-order valence-corrected chi connectivity index (χ2v) is 2.16. The number of imide groups is 1. The number of carbonyl (C=O) groups is 2. The Labute approximate surface area is 58.4 Å². The van der Waals surface area contributed by atoms with Gasteiger partial charge in [-0.15, -0.1) is 0 Å². The predicted molar refractivity (Wildman–Crippen MR) is 36.0 cm³/mol. The van der Waals surface area contributed by atoms with Crippen LogP contribution < -0.4 is 5.32 Å². The van der Waals surface area contributed by atoms with Gasteiger partial charge in [-0.1, -0.05) is 6.58 Å². The van der Waals surface area contributed by atoms with Gasteiger partial charge >= 0.3 is 0 Å². The maximum Gasteiger partial charge on any atom is 0.258 e. The Bertz CT molecular complexity index is 250. The van der Waals surface area contributed by atoms with Crippen molar-refractivity contribution in [1.82, 2.24) is 5.32 Å². The monoisotopic (exact) mass is 137 g/mol. The molecule has 0 saturated carbocycles. The molecule has 0 aliphatic carbocycles. The molecule has 2 amide bonds. The lowest BCUT2D eigenvalue weighted by Gasteiger charge is -1.93. The number of hydrogen-bond donors (Lipinski definition) is 1. The third-order valence-electron chi connectivity index (χ3n) is 1.22. The van der Waals surface area contributed by atoms with E-state index in [1.807, 2.05) is 0 Å². The second-order valence-electron chi connectivity index (χ2n) is 2.16. The molecule has 3 heteroatoms. The SMILES string of the molecule is C=C(C)C1=CC(=O)NC1=O. The van der Waals surface area contributed by atoms with Crippen LogP contribution in [-0.2, 0) is 9.59 Å². The fourth-order valence-electron chi connectivity index (χ4n) is 0.729. The second kappa shape index (κ2) is 2.10. The maximum atomic E-state index is 10.8. The number of hydrogen-bond acceptors (Lipinski definition) is 2. The van der Waals surface area contributed by atoms with E-state index in [4.69, 9.17) is 0 Å². The highest BCUT2D eigenvalue weighted by Gasteiger charge is 2.20. The lowest BCUT2D eigenvalue weighted by molar-refractivity contribution is -0.123. The molecule has 0 spiro atoms. The molecule has 1 heterocycles. The minimum atomic E-state index is -0.358. The first kappa shape index (κ1) is 6.74. The number of rotatable bonds is 1. The number of carbonyl (C=O) groups excluding carboxylic acids is 2. The molecule has 3 nitrogen and oxygen atoms in total. The van der Waals surface area contributed by atoms with Crippen LogP contribution in [0.5, 0.6) is 0 Å². The van der Waals surface area contributed by atoms with Crippen molar-refractivity contribution in [3.63, 3.8) is 0 Å². The molecule has 0 radical (unpaired) electrons. The quantitative estimate of drug-likeness (QED) is 0.523. The van der Waals surface area contributed by atoms with Crippen molar-refractivity contribution in [1.29, 1.82) is 0 Å². The van der Waals surface area contributed by atoms with Crippen molar-refractivity contribution >= 4 is 11.8 Å². The summed E-state index contributed by atoms with van der Waals surface area (Å²) in [5, 5.41) is 2.12. The van der Waals surface area contributed by atoms with Crippen molar-refractivity contribution in [2.75, 3.05) is 0 Å². The fourth-order valence-corrected chi connectivity index (χ4v) is 0.729. The summed E-state index contributed by atoms with van der Waals surface area (Å²) in [6, 6.07) is 0. The third-order valence-corrected chi connectivity index (χ3v) is 1.22. The van der Waals surface area contributed by atoms with E-state index in [1.165, 1.54) is 6.08 Å². The number of nitrogens with one attached hydrogen (secondary N) is 1. The van der Waals surface area contributed by atoms with Gasteiger partial charge in [0.15, 0.2) is 0 Å². The largest absolute Gasteiger partial charge is 0.289 e. The van der Waals surface area contributed by atoms with Gasteiger partial charge < -0.3 is 0 Å². The van der Waals surface area contributed by atoms with E-state index >= 15 is 0 Å². The number of amides is 2. The van der Waals surface area contributed by atoms with E-state index in [0.717, 1.165) is 0 Å². The van der Waals surface area contributed by atoms with Crippen molar-refractivity contribution in [3.05, 3.63) is 23.8 Å². The third kappa shape index (κ3) is 0.978. The van der Waals surface area contributed by atoms with Crippen LogP contribution in [0, 0.1) is 0 Å². The van der Waals surface area contributed by atoms with Crippen LogP contribution in [0.2, 0.25) is 0 Å². The predicted octanol–water partition coefficient (Wildman–Crippen LogP) is 0.145. The van der Waals surface area contributed by atoms with Crippen LogP contribution in [0.25, 0.3) is 0 Å². The first-order valence-electron chi connectivity index (χ1n) is 2.84. The Hall–Kier alpha value is -1.38. The molecular weight excluding hydrogens is 130 g/mol. The molecular formula is C7H7NO2. The Balaban J connectivity index is 2.96. The van der Waals surface area contributed by atoms with Gasteiger partial charge in [0.2, 0.25) is 0 Å². The molecule has 0 bridgehead atoms. The standard InChI is InChI=1S/C7H7NO2/c1-4(2)5-3-6(9)8-7(5)10/h3H,1H2,2H3,(H,8,9,10). The average molecular weight is 137 g/mol. The molecule has 1 aliphatic rings. The molecule has 10 heavy (non-hydrogen) atoms. The molecule has 0 unspecified atom stereocenters. The lowest BCUT2D eigenvalue weighted by Crippen LogP contribution is -2.22. The summed E-state index contributed by atoms with van der Waals surface area (Å²) in [4.78, 5) is 21.3. The zero-order valence-corrected chi connectivity index (χ0v) is 5.60. The van der Waals surface area contributed by atoms with Crippen LogP contribution in [-0.4, -0.2) is 11.8 Å². The summed E-state index contributed by atoms with van der Waals surface area (Å²) < 4.78 is 0. The summed E-state index contributed by atoms with van der Waals surface area (Å²) in [6.07, 6.45) is 1.25. The van der Waals surface area contributed by atoms with E-state index in [9.17, 15) is 9.59 Å². The van der Waals surface area contributed by atoms with Gasteiger partial charge in [0, 0.05) is 11.6 Å². The Morgan fingerprint density at radius 2 is 2.20 bits per heavy atom. The highest BCUT2D eigenvalue weighted by molar-refractivity contribution is 6.18. The minimum absolute atomic E-state index is 0.350. The Morgan fingerprint density at radius 3 is 2.40 bits per heavy atom. The van der Waals surface area contributed by atoms with E-state index < -0.39 is 0 Å². The topological polar surface area (TPSA) is 46.2 Å². The van der Waals surface area contributed by atoms with Gasteiger partial charge in [-0.05, 0) is 12.5 Å². The summed E-state index contributed by atoms with van der Waals surface area (Å²) in [6.45, 7) is 5.23. The smallest absolute Gasteiger partial charge is 0.258 e. The maximum absolute atomic E-state index is 10.8. The zero-order chi connectivity index (χ0) is 7.72.